The standard InChI is InChI=1S/C19H21N3O3S.ClH/c1-14-3-6-16(7-4-14)26-18-8-5-15(13-17(18)22(24)25)19(23)21-11-2-9-20-10-12-21;/h3-8,13,20H,2,9-12H2,1H3;1H. The smallest absolute Gasteiger partial charge is 0.284 e. The van der Waals surface area contributed by atoms with Crippen LogP contribution < -0.4 is 5.32 Å². The van der Waals surface area contributed by atoms with Crippen molar-refractivity contribution in [2.75, 3.05) is 26.2 Å². The minimum atomic E-state index is -0.419. The normalized spacial score (nSPS) is 14.2. The molecule has 1 heterocycles. The van der Waals surface area contributed by atoms with E-state index in [9.17, 15) is 14.9 Å². The average Bonchev–Trinajstić information content (AvgIpc) is 2.92. The molecule has 8 heteroatoms. The molecule has 0 aromatic heterocycles. The maximum atomic E-state index is 12.7. The van der Waals surface area contributed by atoms with Gasteiger partial charge < -0.3 is 10.2 Å². The number of nitro groups is 1. The van der Waals surface area contributed by atoms with Crippen LogP contribution >= 0.6 is 24.2 Å². The van der Waals surface area contributed by atoms with E-state index in [1.165, 1.54) is 17.8 Å². The topological polar surface area (TPSA) is 75.5 Å². The van der Waals surface area contributed by atoms with Crippen LogP contribution in [-0.4, -0.2) is 41.9 Å². The third kappa shape index (κ3) is 5.45. The molecule has 1 saturated heterocycles. The molecule has 1 aliphatic heterocycles. The Morgan fingerprint density at radius 1 is 1.15 bits per heavy atom. The number of aryl methyl sites for hydroxylation is 1. The molecule has 0 bridgehead atoms. The lowest BCUT2D eigenvalue weighted by atomic mass is 10.1. The Balaban J connectivity index is 0.00000261. The number of nitrogens with one attached hydrogen (secondary N) is 1. The maximum Gasteiger partial charge on any atom is 0.284 e. The van der Waals surface area contributed by atoms with Crippen molar-refractivity contribution in [3.63, 3.8) is 0 Å². The molecule has 2 aromatic rings. The molecule has 1 fully saturated rings. The van der Waals surface area contributed by atoms with Gasteiger partial charge in [0.25, 0.3) is 11.6 Å². The van der Waals surface area contributed by atoms with E-state index in [4.69, 9.17) is 0 Å². The van der Waals surface area contributed by atoms with Crippen LogP contribution in [0.3, 0.4) is 0 Å². The Labute approximate surface area is 168 Å². The lowest BCUT2D eigenvalue weighted by molar-refractivity contribution is -0.387. The number of halogens is 1. The molecule has 1 amide bonds. The van der Waals surface area contributed by atoms with Crippen LogP contribution in [0.2, 0.25) is 0 Å². The predicted molar refractivity (Wildman–Crippen MR) is 109 cm³/mol. The molecule has 0 spiro atoms. The molecule has 144 valence electrons. The van der Waals surface area contributed by atoms with Crippen molar-refractivity contribution >= 4 is 35.8 Å². The van der Waals surface area contributed by atoms with Gasteiger partial charge in [0.15, 0.2) is 0 Å². The molecule has 1 aliphatic rings. The van der Waals surface area contributed by atoms with Gasteiger partial charge in [-0.1, -0.05) is 29.5 Å². The Hall–Kier alpha value is -2.09. The summed E-state index contributed by atoms with van der Waals surface area (Å²) in [7, 11) is 0. The summed E-state index contributed by atoms with van der Waals surface area (Å²) in [6.07, 6.45) is 0.884. The van der Waals surface area contributed by atoms with E-state index in [0.29, 0.717) is 23.5 Å². The minimum Gasteiger partial charge on any atom is -0.337 e. The SMILES string of the molecule is Cc1ccc(Sc2ccc(C(=O)N3CCCNCC3)cc2[N+](=O)[O-])cc1.Cl. The summed E-state index contributed by atoms with van der Waals surface area (Å²) in [5.74, 6) is -0.149. The van der Waals surface area contributed by atoms with Crippen molar-refractivity contribution in [2.45, 2.75) is 23.1 Å². The second-order valence-corrected chi connectivity index (χ2v) is 7.37. The molecular weight excluding hydrogens is 386 g/mol. The Morgan fingerprint density at radius 3 is 2.59 bits per heavy atom. The number of rotatable bonds is 4. The number of nitrogens with zero attached hydrogens (tertiary/aromatic N) is 2. The van der Waals surface area contributed by atoms with E-state index < -0.39 is 4.92 Å². The Morgan fingerprint density at radius 2 is 1.89 bits per heavy atom. The van der Waals surface area contributed by atoms with E-state index in [2.05, 4.69) is 5.32 Å². The number of amides is 1. The van der Waals surface area contributed by atoms with Crippen LogP contribution in [0.5, 0.6) is 0 Å². The number of hydrogen-bond donors (Lipinski definition) is 1. The number of carbonyl (C=O) groups excluding carboxylic acids is 1. The molecule has 0 unspecified atom stereocenters. The van der Waals surface area contributed by atoms with Crippen molar-refractivity contribution in [1.29, 1.82) is 0 Å². The summed E-state index contributed by atoms with van der Waals surface area (Å²) < 4.78 is 0. The Bertz CT molecular complexity index is 806. The van der Waals surface area contributed by atoms with Gasteiger partial charge in [0.05, 0.1) is 9.82 Å². The van der Waals surface area contributed by atoms with Crippen molar-refractivity contribution in [2.24, 2.45) is 0 Å². The van der Waals surface area contributed by atoms with Crippen LogP contribution in [0, 0.1) is 17.0 Å². The highest BCUT2D eigenvalue weighted by molar-refractivity contribution is 7.99. The van der Waals surface area contributed by atoms with Crippen LogP contribution in [0.25, 0.3) is 0 Å². The molecule has 0 saturated carbocycles. The predicted octanol–water partition coefficient (Wildman–Crippen LogP) is 3.91. The van der Waals surface area contributed by atoms with Crippen LogP contribution in [0.4, 0.5) is 5.69 Å². The fourth-order valence-corrected chi connectivity index (χ4v) is 3.74. The molecule has 27 heavy (non-hydrogen) atoms. The molecule has 0 aliphatic carbocycles. The van der Waals surface area contributed by atoms with Crippen LogP contribution in [0.1, 0.15) is 22.3 Å². The van der Waals surface area contributed by atoms with Gasteiger partial charge in [-0.3, -0.25) is 14.9 Å². The number of benzene rings is 2. The van der Waals surface area contributed by atoms with Crippen LogP contribution in [0.15, 0.2) is 52.3 Å². The number of nitro benzene ring substituents is 1. The lowest BCUT2D eigenvalue weighted by Gasteiger charge is -2.20. The highest BCUT2D eigenvalue weighted by atomic mass is 35.5. The first-order valence-corrected chi connectivity index (χ1v) is 9.39. The summed E-state index contributed by atoms with van der Waals surface area (Å²) in [5, 5.41) is 14.8. The van der Waals surface area contributed by atoms with E-state index >= 15 is 0 Å². The molecule has 0 radical (unpaired) electrons. The van der Waals surface area contributed by atoms with Gasteiger partial charge in [0.1, 0.15) is 0 Å². The van der Waals surface area contributed by atoms with Gasteiger partial charge >= 0.3 is 0 Å². The first kappa shape index (κ1) is 21.2. The van der Waals surface area contributed by atoms with Gasteiger partial charge in [-0.15, -0.1) is 12.4 Å². The van der Waals surface area contributed by atoms with Gasteiger partial charge in [0, 0.05) is 36.2 Å². The highest BCUT2D eigenvalue weighted by Gasteiger charge is 2.22. The largest absolute Gasteiger partial charge is 0.337 e. The zero-order valence-corrected chi connectivity index (χ0v) is 16.6. The summed E-state index contributed by atoms with van der Waals surface area (Å²) in [6, 6.07) is 12.6. The van der Waals surface area contributed by atoms with Crippen LogP contribution in [-0.2, 0) is 0 Å². The van der Waals surface area contributed by atoms with Crippen molar-refractivity contribution in [3.8, 4) is 0 Å². The quantitative estimate of drug-likeness (QED) is 0.614. The third-order valence-electron chi connectivity index (χ3n) is 4.28. The van der Waals surface area contributed by atoms with E-state index in [0.717, 1.165) is 30.0 Å². The zero-order valence-electron chi connectivity index (χ0n) is 15.0. The molecular formula is C19H22ClN3O3S. The summed E-state index contributed by atoms with van der Waals surface area (Å²) >= 11 is 1.33. The van der Waals surface area contributed by atoms with E-state index in [1.807, 2.05) is 31.2 Å². The van der Waals surface area contributed by atoms with Crippen molar-refractivity contribution in [3.05, 3.63) is 63.7 Å². The Kier molecular flexibility index (Phi) is 7.65. The molecule has 1 N–H and O–H groups in total. The second-order valence-electron chi connectivity index (χ2n) is 6.25. The average molecular weight is 408 g/mol. The maximum absolute atomic E-state index is 12.7. The fourth-order valence-electron chi connectivity index (χ4n) is 2.84. The van der Waals surface area contributed by atoms with Gasteiger partial charge in [-0.05, 0) is 44.2 Å². The van der Waals surface area contributed by atoms with E-state index in [-0.39, 0.29) is 24.0 Å². The van der Waals surface area contributed by atoms with E-state index in [1.54, 1.807) is 17.0 Å². The highest BCUT2D eigenvalue weighted by Crippen LogP contribution is 2.35. The fraction of sp³-hybridized carbons (Fsp3) is 0.316. The molecule has 0 atom stereocenters. The van der Waals surface area contributed by atoms with Gasteiger partial charge in [-0.2, -0.15) is 0 Å². The second kappa shape index (κ2) is 9.73. The summed E-state index contributed by atoms with van der Waals surface area (Å²) in [4.78, 5) is 27.0. The van der Waals surface area contributed by atoms with Gasteiger partial charge in [0.2, 0.25) is 0 Å². The number of carbonyl (C=O) groups is 1. The zero-order chi connectivity index (χ0) is 18.5. The number of hydrogen-bond acceptors (Lipinski definition) is 5. The van der Waals surface area contributed by atoms with Gasteiger partial charge in [-0.25, -0.2) is 0 Å². The molecule has 3 rings (SSSR count). The minimum absolute atomic E-state index is 0. The molecule has 2 aromatic carbocycles. The third-order valence-corrected chi connectivity index (χ3v) is 5.35. The first-order chi connectivity index (χ1) is 12.5. The van der Waals surface area contributed by atoms with Crippen molar-refractivity contribution in [1.82, 2.24) is 10.2 Å². The summed E-state index contributed by atoms with van der Waals surface area (Å²) in [6.45, 7) is 4.91. The lowest BCUT2D eigenvalue weighted by Crippen LogP contribution is -2.34. The molecule has 6 nitrogen and oxygen atoms in total. The summed E-state index contributed by atoms with van der Waals surface area (Å²) in [5.41, 5.74) is 1.47. The first-order valence-electron chi connectivity index (χ1n) is 8.57. The monoisotopic (exact) mass is 407 g/mol. The van der Waals surface area contributed by atoms with Crippen molar-refractivity contribution < 1.29 is 9.72 Å².